The van der Waals surface area contributed by atoms with E-state index in [4.69, 9.17) is 44.2 Å². The number of phenols is 1. The first kappa shape index (κ1) is 86.7. The number of halogens is 3. The monoisotopic (exact) mass is 1650 g/mol. The van der Waals surface area contributed by atoms with Crippen LogP contribution in [0.1, 0.15) is 141 Å². The number of carbonyl (C=O) groups excluding carboxylic acids is 2. The van der Waals surface area contributed by atoms with Crippen LogP contribution in [-0.4, -0.2) is 137 Å². The molecule has 2 aliphatic rings. The van der Waals surface area contributed by atoms with Gasteiger partial charge in [-0.2, -0.15) is 0 Å². The number of aromatic hydroxyl groups is 2. The zero-order valence-corrected chi connectivity index (χ0v) is 67.9. The first-order valence-electron chi connectivity index (χ1n) is 38.0. The Labute approximate surface area is 666 Å². The molecule has 11 aromatic rings. The third-order valence-corrected chi connectivity index (χ3v) is 20.6. The topological polar surface area (TPSA) is 252 Å². The number of carbonyl (C=O) groups is 2. The quantitative estimate of drug-likeness (QED) is 0.0290. The number of nitrogens with one attached hydrogen (secondary N) is 2. The number of amides is 2. The number of hydrogen-bond donors (Lipinski definition) is 4. The normalized spacial score (nSPS) is 12.8. The second kappa shape index (κ2) is 43.1. The van der Waals surface area contributed by atoms with Crippen molar-refractivity contribution in [3.05, 3.63) is 195 Å². The summed E-state index contributed by atoms with van der Waals surface area (Å²) >= 11 is 12.3. The third-order valence-electron chi connectivity index (χ3n) is 19.5. The van der Waals surface area contributed by atoms with Crippen LogP contribution in [0.15, 0.2) is 164 Å². The SMILES string of the molecule is C.CCN(CC)CCCl.CCN(CC)CCOc1cc(C)cc2c(=O)c3ccc(Br)cc3oc12.CCN(CC)CCOc1cc(C)cc2c(=O)c3ccc(Oc4ccc(CCC(=O)NC5CCCC5)nc4)cc3oc12.Cc1cc(O)c2oc3cc(Br)ccc3c(=O)c2c1.O=C(CCc1ccc(O)cn1)NC1CCCC1. The van der Waals surface area contributed by atoms with Crippen LogP contribution in [0.4, 0.5) is 0 Å². The molecule has 4 N–H and O–H groups in total. The van der Waals surface area contributed by atoms with Gasteiger partial charge >= 0.3 is 0 Å². The Morgan fingerprint density at radius 1 is 0.491 bits per heavy atom. The van der Waals surface area contributed by atoms with Gasteiger partial charge in [0.05, 0.1) is 44.7 Å². The van der Waals surface area contributed by atoms with E-state index in [1.165, 1.54) is 31.9 Å². The number of nitrogens with zero attached hydrogens (tertiary/aromatic N) is 5. The molecule has 0 atom stereocenters. The van der Waals surface area contributed by atoms with Crippen molar-refractivity contribution >= 4 is 121 Å². The van der Waals surface area contributed by atoms with E-state index in [1.54, 1.807) is 72.9 Å². The van der Waals surface area contributed by atoms with E-state index >= 15 is 0 Å². The lowest BCUT2D eigenvalue weighted by Gasteiger charge is -2.18. The van der Waals surface area contributed by atoms with Crippen molar-refractivity contribution in [1.29, 1.82) is 0 Å². The number of hydrogen-bond acceptors (Lipinski definition) is 18. The number of likely N-dealkylation sites (N-methyl/N-ethyl adjacent to an activating group) is 2. The second-order valence-corrected chi connectivity index (χ2v) is 29.5. The zero-order valence-electron chi connectivity index (χ0n) is 64.0. The Morgan fingerprint density at radius 3 is 1.29 bits per heavy atom. The van der Waals surface area contributed by atoms with Gasteiger partial charge in [0.2, 0.25) is 28.1 Å². The summed E-state index contributed by atoms with van der Waals surface area (Å²) in [5.41, 5.74) is 6.78. The molecule has 23 heteroatoms. The van der Waals surface area contributed by atoms with E-state index in [2.05, 4.69) is 109 Å². The van der Waals surface area contributed by atoms with Crippen LogP contribution in [0, 0.1) is 20.8 Å². The summed E-state index contributed by atoms with van der Waals surface area (Å²) in [5, 5.41) is 28.1. The smallest absolute Gasteiger partial charge is 0.220 e. The fraction of sp³-hybridized carbons (Fsp3) is 0.414. The first-order valence-corrected chi connectivity index (χ1v) is 40.1. The zero-order chi connectivity index (χ0) is 78.1. The summed E-state index contributed by atoms with van der Waals surface area (Å²) in [6.45, 7) is 28.4. The van der Waals surface area contributed by atoms with Crippen LogP contribution in [0.2, 0.25) is 0 Å². The molecule has 6 aromatic carbocycles. The maximum Gasteiger partial charge on any atom is 0.220 e. The Morgan fingerprint density at radius 2 is 0.882 bits per heavy atom. The number of pyridine rings is 2. The van der Waals surface area contributed by atoms with E-state index in [0.717, 1.165) is 127 Å². The fourth-order valence-corrected chi connectivity index (χ4v) is 14.2. The van der Waals surface area contributed by atoms with Crippen LogP contribution in [0.3, 0.4) is 0 Å². The Hall–Kier alpha value is -8.90. The Kier molecular flexibility index (Phi) is 33.9. The van der Waals surface area contributed by atoms with Crippen molar-refractivity contribution in [2.45, 2.75) is 159 Å². The maximum atomic E-state index is 13.4. The van der Waals surface area contributed by atoms with Crippen molar-refractivity contribution in [1.82, 2.24) is 35.3 Å². The molecule has 0 spiro atoms. The lowest BCUT2D eigenvalue weighted by atomic mass is 10.1. The molecule has 0 radical (unpaired) electrons. The standard InChI is InChI=1S/C33H39N3O5.C20H22BrNO3.C14H9BrO3.C13H18N2O2.C6H14ClN.CH4/c1-4-36(5-2)16-17-39-30-19-22(3)18-28-32(38)27-14-13-25(20-29(27)41-33(28)30)40-26-12-10-23(34-21-26)11-15-31(37)35-24-8-6-7-9-24;1-4-22(5-2)8-9-24-18-11-13(3)10-16-19(23)15-7-6-14(21)12-17(15)25-20(16)18;1-7-4-10-13(17)9-3-2-8(15)6-12(9)18-14(10)11(16)5-7;16-12-7-5-10(14-9-12)6-8-13(17)15-11-3-1-2-4-11;1-3-8(4-2)6-5-7;/h10,12-14,18-21,24H,4-9,11,15-17H2,1-3H3,(H,35,37);6-7,10-12H,4-5,8-9H2,1-3H3;2-6,16H,1H3;5,7,9,11,16H,1-4,6,8H2,(H,15,17);3-6H2,1-2H3;1H4. The molecule has 2 aliphatic carbocycles. The largest absolute Gasteiger partial charge is 0.506 e. The highest BCUT2D eigenvalue weighted by molar-refractivity contribution is 9.10. The van der Waals surface area contributed by atoms with Crippen molar-refractivity contribution < 1.29 is 47.3 Å². The van der Waals surface area contributed by atoms with Gasteiger partial charge in [0, 0.05) is 76.8 Å². The fourth-order valence-electron chi connectivity index (χ4n) is 13.3. The molecule has 5 heterocycles. The van der Waals surface area contributed by atoms with E-state index < -0.39 is 0 Å². The van der Waals surface area contributed by atoms with Crippen LogP contribution in [-0.2, 0) is 22.4 Å². The van der Waals surface area contributed by atoms with Crippen molar-refractivity contribution in [3.8, 4) is 34.5 Å². The number of ether oxygens (including phenoxy) is 3. The highest BCUT2D eigenvalue weighted by Gasteiger charge is 2.21. The summed E-state index contributed by atoms with van der Waals surface area (Å²) in [7, 11) is 0. The number of fused-ring (bicyclic) bond motifs is 6. The molecule has 2 amide bonds. The van der Waals surface area contributed by atoms with E-state index in [0.29, 0.717) is 134 Å². The average molecular weight is 1650 g/mol. The number of aromatic nitrogens is 2. The van der Waals surface area contributed by atoms with Gasteiger partial charge in [0.1, 0.15) is 47.2 Å². The molecule has 110 heavy (non-hydrogen) atoms. The molecule has 588 valence electrons. The van der Waals surface area contributed by atoms with Crippen LogP contribution >= 0.6 is 43.5 Å². The molecule has 0 aliphatic heterocycles. The number of phenolic OH excluding ortho intramolecular Hbond substituents is 1. The number of aryl methyl sites for hydroxylation is 5. The lowest BCUT2D eigenvalue weighted by molar-refractivity contribution is -0.122. The second-order valence-electron chi connectivity index (χ2n) is 27.3. The van der Waals surface area contributed by atoms with Gasteiger partial charge in [-0.3, -0.25) is 33.9 Å². The van der Waals surface area contributed by atoms with Gasteiger partial charge in [-0.05, 0) is 224 Å². The summed E-state index contributed by atoms with van der Waals surface area (Å²) in [6.07, 6.45) is 14.4. The van der Waals surface area contributed by atoms with E-state index in [1.807, 2.05) is 69.3 Å². The molecule has 2 fully saturated rings. The van der Waals surface area contributed by atoms with Crippen LogP contribution < -0.4 is 41.1 Å². The molecule has 0 bridgehead atoms. The molecular weight excluding hydrogens is 1550 g/mol. The minimum absolute atomic E-state index is 0. The number of alkyl halides is 1. The summed E-state index contributed by atoms with van der Waals surface area (Å²) in [6, 6.07) is 34.5. The minimum atomic E-state index is -0.127. The average Bonchev–Trinajstić information content (AvgIpc) is 0.847. The van der Waals surface area contributed by atoms with Crippen molar-refractivity contribution in [2.24, 2.45) is 0 Å². The summed E-state index contributed by atoms with van der Waals surface area (Å²) in [4.78, 5) is 77.8. The molecule has 20 nitrogen and oxygen atoms in total. The first-order chi connectivity index (χ1) is 52.6. The number of benzene rings is 6. The highest BCUT2D eigenvalue weighted by Crippen LogP contribution is 2.34. The molecule has 0 saturated heterocycles. The minimum Gasteiger partial charge on any atom is -0.506 e. The molecule has 2 saturated carbocycles. The predicted octanol–water partition coefficient (Wildman–Crippen LogP) is 18.6. The molecular formula is C87H106Br2ClN7O13. The summed E-state index contributed by atoms with van der Waals surface area (Å²) in [5.74, 6) is 3.36. The highest BCUT2D eigenvalue weighted by atomic mass is 79.9. The predicted molar refractivity (Wildman–Crippen MR) is 451 cm³/mol. The molecule has 13 rings (SSSR count). The van der Waals surface area contributed by atoms with Gasteiger partial charge < -0.3 is 63.0 Å². The Balaban J connectivity index is 0.000000188. The number of rotatable bonds is 26. The Bertz CT molecular complexity index is 5030. The van der Waals surface area contributed by atoms with Gasteiger partial charge in [-0.25, -0.2) is 0 Å². The van der Waals surface area contributed by atoms with E-state index in [-0.39, 0.29) is 52.6 Å². The lowest BCUT2D eigenvalue weighted by Crippen LogP contribution is -2.32. The van der Waals surface area contributed by atoms with Crippen molar-refractivity contribution in [3.63, 3.8) is 0 Å². The maximum absolute atomic E-state index is 13.4. The van der Waals surface area contributed by atoms with E-state index in [9.17, 15) is 29.1 Å². The van der Waals surface area contributed by atoms with Gasteiger partial charge in [-0.15, -0.1) is 11.6 Å². The summed E-state index contributed by atoms with van der Waals surface area (Å²) < 4.78 is 37.7. The van der Waals surface area contributed by atoms with Crippen LogP contribution in [0.5, 0.6) is 34.5 Å². The third kappa shape index (κ3) is 24.5. The van der Waals surface area contributed by atoms with Gasteiger partial charge in [-0.1, -0.05) is 107 Å². The van der Waals surface area contributed by atoms with Gasteiger partial charge in [0.15, 0.2) is 34.0 Å². The van der Waals surface area contributed by atoms with Crippen LogP contribution in [0.25, 0.3) is 65.8 Å². The molecule has 0 unspecified atom stereocenters. The van der Waals surface area contributed by atoms with Crippen molar-refractivity contribution in [2.75, 3.05) is 78.0 Å². The molecule has 5 aromatic heterocycles. The van der Waals surface area contributed by atoms with Gasteiger partial charge in [0.25, 0.3) is 0 Å².